The predicted octanol–water partition coefficient (Wildman–Crippen LogP) is 6.52. The number of nitrogen functional groups attached to an aromatic ring is 1. The summed E-state index contributed by atoms with van der Waals surface area (Å²) in [5.41, 5.74) is 11.4. The molecule has 0 unspecified atom stereocenters. The molecule has 0 amide bonds. The highest BCUT2D eigenvalue weighted by Crippen LogP contribution is 2.37. The van der Waals surface area contributed by atoms with Gasteiger partial charge in [0.15, 0.2) is 5.65 Å². The van der Waals surface area contributed by atoms with Crippen molar-refractivity contribution in [2.24, 2.45) is 0 Å². The predicted molar refractivity (Wildman–Crippen MR) is 159 cm³/mol. The Balaban J connectivity index is 1.17. The van der Waals surface area contributed by atoms with Gasteiger partial charge >= 0.3 is 0 Å². The lowest BCUT2D eigenvalue weighted by Gasteiger charge is -2.30. The summed E-state index contributed by atoms with van der Waals surface area (Å²) in [6.07, 6.45) is 7.31. The first-order valence-electron chi connectivity index (χ1n) is 13.9. The van der Waals surface area contributed by atoms with Gasteiger partial charge in [0.1, 0.15) is 29.4 Å². The fourth-order valence-electron chi connectivity index (χ4n) is 6.04. The molecule has 8 nitrogen and oxygen atoms in total. The van der Waals surface area contributed by atoms with Crippen molar-refractivity contribution in [1.82, 2.24) is 24.3 Å². The van der Waals surface area contributed by atoms with Gasteiger partial charge in [-0.2, -0.15) is 5.10 Å². The summed E-state index contributed by atoms with van der Waals surface area (Å²) in [4.78, 5) is 8.89. The zero-order valence-corrected chi connectivity index (χ0v) is 22.4. The molecule has 0 bridgehead atoms. The Labute approximate surface area is 236 Å². The fraction of sp³-hybridized carbons (Fsp3) is 0.219. The van der Waals surface area contributed by atoms with Gasteiger partial charge in [-0.15, -0.1) is 0 Å². The van der Waals surface area contributed by atoms with Crippen molar-refractivity contribution in [3.05, 3.63) is 96.7 Å². The summed E-state index contributed by atoms with van der Waals surface area (Å²) in [6.45, 7) is 0.455. The molecule has 4 N–H and O–H groups in total. The second-order valence-electron chi connectivity index (χ2n) is 10.8. The Morgan fingerprint density at radius 3 is 2.63 bits per heavy atom. The van der Waals surface area contributed by atoms with E-state index in [1.807, 2.05) is 47.3 Å². The molecule has 7 rings (SSSR count). The standard InChI is InChI=1S/C32H30FN7O/c33-27-7-2-1-4-22(27)18-39-15-14-20-16-21(8-13-28(20)39)30-29-31(34)35-19-36-32(29)40(38-30)25-11-9-23(10-12-25)37-24-5-3-6-26(41)17-24/h1-8,13-17,19,23,25,37,41H,9-12,18H2,(H2,34,35,36). The van der Waals surface area contributed by atoms with E-state index in [4.69, 9.17) is 10.8 Å². The number of nitrogens with zero attached hydrogens (tertiary/aromatic N) is 5. The van der Waals surface area contributed by atoms with E-state index in [1.54, 1.807) is 18.2 Å². The van der Waals surface area contributed by atoms with E-state index < -0.39 is 0 Å². The number of halogens is 1. The van der Waals surface area contributed by atoms with E-state index in [0.29, 0.717) is 24.0 Å². The molecule has 0 radical (unpaired) electrons. The third-order valence-electron chi connectivity index (χ3n) is 8.12. The van der Waals surface area contributed by atoms with Crippen molar-refractivity contribution < 1.29 is 9.50 Å². The molecule has 1 saturated carbocycles. The van der Waals surface area contributed by atoms with Gasteiger partial charge in [0.05, 0.1) is 18.0 Å². The average molecular weight is 548 g/mol. The second kappa shape index (κ2) is 10.2. The van der Waals surface area contributed by atoms with Crippen molar-refractivity contribution in [3.8, 4) is 17.0 Å². The Kier molecular flexibility index (Phi) is 6.26. The van der Waals surface area contributed by atoms with Crippen LogP contribution in [-0.2, 0) is 6.54 Å². The Bertz CT molecular complexity index is 1870. The number of nitrogens with two attached hydrogens (primary N) is 1. The van der Waals surface area contributed by atoms with E-state index in [-0.39, 0.29) is 17.6 Å². The summed E-state index contributed by atoms with van der Waals surface area (Å²) < 4.78 is 18.4. The molecule has 206 valence electrons. The topological polar surface area (TPSA) is 107 Å². The van der Waals surface area contributed by atoms with Crippen molar-refractivity contribution in [2.45, 2.75) is 44.3 Å². The van der Waals surface area contributed by atoms with Crippen molar-refractivity contribution >= 4 is 33.4 Å². The summed E-state index contributed by atoms with van der Waals surface area (Å²) in [7, 11) is 0. The molecule has 0 atom stereocenters. The van der Waals surface area contributed by atoms with Crippen LogP contribution in [0.3, 0.4) is 0 Å². The molecular weight excluding hydrogens is 517 g/mol. The van der Waals surface area contributed by atoms with E-state index in [1.165, 1.54) is 12.4 Å². The number of nitrogens with one attached hydrogen (secondary N) is 1. The highest BCUT2D eigenvalue weighted by molar-refractivity contribution is 6.00. The number of fused-ring (bicyclic) bond motifs is 2. The van der Waals surface area contributed by atoms with Crippen LogP contribution in [0.25, 0.3) is 33.2 Å². The van der Waals surface area contributed by atoms with Crippen LogP contribution in [0.15, 0.2) is 85.3 Å². The number of benzene rings is 3. The molecule has 1 aliphatic rings. The number of phenolic OH excluding ortho intramolecular Hbond substituents is 1. The number of rotatable bonds is 6. The maximum atomic E-state index is 14.3. The lowest BCUT2D eigenvalue weighted by atomic mass is 9.91. The zero-order chi connectivity index (χ0) is 27.9. The van der Waals surface area contributed by atoms with Gasteiger partial charge in [-0.3, -0.25) is 0 Å². The fourth-order valence-corrected chi connectivity index (χ4v) is 6.04. The van der Waals surface area contributed by atoms with Crippen LogP contribution in [0, 0.1) is 5.82 Å². The van der Waals surface area contributed by atoms with Crippen LogP contribution in [0.5, 0.6) is 5.75 Å². The summed E-state index contributed by atoms with van der Waals surface area (Å²) in [5, 5.41) is 20.2. The van der Waals surface area contributed by atoms with Crippen LogP contribution in [-0.4, -0.2) is 35.5 Å². The minimum atomic E-state index is -0.206. The maximum absolute atomic E-state index is 14.3. The average Bonchev–Trinajstić information content (AvgIpc) is 3.57. The molecule has 0 aliphatic heterocycles. The van der Waals surface area contributed by atoms with Crippen LogP contribution < -0.4 is 11.1 Å². The van der Waals surface area contributed by atoms with Gasteiger partial charge in [0.25, 0.3) is 0 Å². The third-order valence-corrected chi connectivity index (χ3v) is 8.12. The third kappa shape index (κ3) is 4.73. The molecule has 6 aromatic rings. The van der Waals surface area contributed by atoms with Gasteiger partial charge in [-0.25, -0.2) is 19.0 Å². The van der Waals surface area contributed by atoms with Gasteiger partial charge in [-0.1, -0.05) is 30.3 Å². The number of anilines is 2. The van der Waals surface area contributed by atoms with Gasteiger partial charge in [-0.05, 0) is 62.1 Å². The van der Waals surface area contributed by atoms with E-state index in [2.05, 4.69) is 32.0 Å². The molecular formula is C32H30FN7O. The van der Waals surface area contributed by atoms with Crippen molar-refractivity contribution in [1.29, 1.82) is 0 Å². The Morgan fingerprint density at radius 2 is 1.80 bits per heavy atom. The molecule has 41 heavy (non-hydrogen) atoms. The minimum absolute atomic E-state index is 0.188. The number of hydrogen-bond acceptors (Lipinski definition) is 6. The van der Waals surface area contributed by atoms with Crippen molar-refractivity contribution in [3.63, 3.8) is 0 Å². The lowest BCUT2D eigenvalue weighted by Crippen LogP contribution is -2.28. The van der Waals surface area contributed by atoms with Gasteiger partial charge < -0.3 is 20.7 Å². The quantitative estimate of drug-likeness (QED) is 0.219. The first kappa shape index (κ1) is 25.1. The highest BCUT2D eigenvalue weighted by atomic mass is 19.1. The summed E-state index contributed by atoms with van der Waals surface area (Å²) >= 11 is 0. The molecule has 1 aliphatic carbocycles. The molecule has 3 aromatic carbocycles. The summed E-state index contributed by atoms with van der Waals surface area (Å²) in [6, 6.07) is 22.9. The second-order valence-corrected chi connectivity index (χ2v) is 10.8. The summed E-state index contributed by atoms with van der Waals surface area (Å²) in [5.74, 6) is 0.465. The van der Waals surface area contributed by atoms with Crippen LogP contribution >= 0.6 is 0 Å². The molecule has 1 fully saturated rings. The van der Waals surface area contributed by atoms with E-state index in [9.17, 15) is 9.50 Å². The van der Waals surface area contributed by atoms with Gasteiger partial charge in [0, 0.05) is 46.0 Å². The zero-order valence-electron chi connectivity index (χ0n) is 22.4. The molecule has 3 heterocycles. The Morgan fingerprint density at radius 1 is 0.951 bits per heavy atom. The highest BCUT2D eigenvalue weighted by Gasteiger charge is 2.27. The van der Waals surface area contributed by atoms with Crippen LogP contribution in [0.4, 0.5) is 15.9 Å². The lowest BCUT2D eigenvalue weighted by molar-refractivity contribution is 0.319. The molecule has 0 saturated heterocycles. The minimum Gasteiger partial charge on any atom is -0.508 e. The van der Waals surface area contributed by atoms with E-state index >= 15 is 0 Å². The first-order chi connectivity index (χ1) is 20.0. The molecule has 3 aromatic heterocycles. The smallest absolute Gasteiger partial charge is 0.164 e. The van der Waals surface area contributed by atoms with Crippen LogP contribution in [0.2, 0.25) is 0 Å². The van der Waals surface area contributed by atoms with Crippen LogP contribution in [0.1, 0.15) is 37.3 Å². The van der Waals surface area contributed by atoms with Gasteiger partial charge in [0.2, 0.25) is 0 Å². The number of phenols is 1. The SMILES string of the molecule is Nc1ncnc2c1c(-c1ccc3c(ccn3Cc3ccccc3F)c1)nn2C1CCC(Nc2cccc(O)c2)CC1. The Hall–Kier alpha value is -4.92. The monoisotopic (exact) mass is 547 g/mol. The molecule has 0 spiro atoms. The largest absolute Gasteiger partial charge is 0.508 e. The van der Waals surface area contributed by atoms with E-state index in [0.717, 1.165) is 64.6 Å². The maximum Gasteiger partial charge on any atom is 0.164 e. The number of aromatic hydroxyl groups is 1. The number of hydrogen-bond donors (Lipinski definition) is 3. The first-order valence-corrected chi connectivity index (χ1v) is 13.9. The normalized spacial score (nSPS) is 17.3. The molecule has 9 heteroatoms. The number of aromatic nitrogens is 5. The van der Waals surface area contributed by atoms with Crippen molar-refractivity contribution in [2.75, 3.05) is 11.1 Å².